The van der Waals surface area contributed by atoms with Gasteiger partial charge >= 0.3 is 0 Å². The molecule has 2 aliphatic heterocycles. The summed E-state index contributed by atoms with van der Waals surface area (Å²) < 4.78 is 5.49. The first-order valence-electron chi connectivity index (χ1n) is 13.8. The van der Waals surface area contributed by atoms with Gasteiger partial charge in [0.2, 0.25) is 0 Å². The van der Waals surface area contributed by atoms with Gasteiger partial charge in [-0.2, -0.15) is 5.26 Å². The quantitative estimate of drug-likeness (QED) is 0.457. The van der Waals surface area contributed by atoms with Crippen LogP contribution in [0.2, 0.25) is 0 Å². The highest BCUT2D eigenvalue weighted by Crippen LogP contribution is 2.48. The van der Waals surface area contributed by atoms with Crippen molar-refractivity contribution in [2.45, 2.75) is 57.9 Å². The van der Waals surface area contributed by atoms with Gasteiger partial charge in [-0.3, -0.25) is 4.90 Å². The third kappa shape index (κ3) is 4.56. The SMILES string of the molecule is Cc1ccc(-c2c(C)noc2C)cc1N(CC1CN(C2CCNCC2)C1)c1ccc(C2(C#N)CC2)cc1. The summed E-state index contributed by atoms with van der Waals surface area (Å²) in [6.07, 6.45) is 4.47. The molecule has 6 rings (SSSR count). The Morgan fingerprint density at radius 2 is 1.81 bits per heavy atom. The highest BCUT2D eigenvalue weighted by atomic mass is 16.5. The second-order valence-corrected chi connectivity index (χ2v) is 11.4. The van der Waals surface area contributed by atoms with E-state index >= 15 is 0 Å². The average molecular weight is 496 g/mol. The summed E-state index contributed by atoms with van der Waals surface area (Å²) >= 11 is 0. The Bertz CT molecular complexity index is 1280. The molecule has 6 nitrogen and oxygen atoms in total. The number of nitrogens with one attached hydrogen (secondary N) is 1. The van der Waals surface area contributed by atoms with Gasteiger partial charge in [0.25, 0.3) is 0 Å². The molecule has 1 aliphatic carbocycles. The molecule has 3 aromatic rings. The van der Waals surface area contributed by atoms with Gasteiger partial charge in [0.15, 0.2) is 0 Å². The lowest BCUT2D eigenvalue weighted by molar-refractivity contribution is 0.0426. The van der Waals surface area contributed by atoms with Crippen LogP contribution in [-0.4, -0.2) is 48.8 Å². The van der Waals surface area contributed by atoms with Crippen LogP contribution in [0, 0.1) is 38.0 Å². The van der Waals surface area contributed by atoms with Crippen molar-refractivity contribution in [1.29, 1.82) is 5.26 Å². The maximum Gasteiger partial charge on any atom is 0.141 e. The number of rotatable bonds is 7. The first kappa shape index (κ1) is 24.2. The molecule has 0 bridgehead atoms. The van der Waals surface area contributed by atoms with E-state index < -0.39 is 0 Å². The average Bonchev–Trinajstić information content (AvgIpc) is 3.63. The zero-order chi connectivity index (χ0) is 25.6. The zero-order valence-corrected chi connectivity index (χ0v) is 22.3. The van der Waals surface area contributed by atoms with Crippen molar-refractivity contribution in [3.05, 3.63) is 65.0 Å². The van der Waals surface area contributed by atoms with Crippen LogP contribution in [-0.2, 0) is 5.41 Å². The van der Waals surface area contributed by atoms with Crippen LogP contribution < -0.4 is 10.2 Å². The lowest BCUT2D eigenvalue weighted by atomic mass is 9.92. The number of benzene rings is 2. The van der Waals surface area contributed by atoms with E-state index in [1.165, 1.54) is 42.9 Å². The number of nitriles is 1. The first-order valence-corrected chi connectivity index (χ1v) is 13.8. The Kier molecular flexibility index (Phi) is 6.30. The molecule has 2 saturated heterocycles. The number of aromatic nitrogens is 1. The second-order valence-electron chi connectivity index (χ2n) is 11.4. The lowest BCUT2D eigenvalue weighted by Gasteiger charge is -2.47. The molecule has 0 unspecified atom stereocenters. The van der Waals surface area contributed by atoms with Gasteiger partial charge in [-0.15, -0.1) is 0 Å². The van der Waals surface area contributed by atoms with Crippen LogP contribution in [0.25, 0.3) is 11.1 Å². The van der Waals surface area contributed by atoms with Crippen molar-refractivity contribution in [1.82, 2.24) is 15.4 Å². The Morgan fingerprint density at radius 3 is 2.43 bits per heavy atom. The van der Waals surface area contributed by atoms with E-state index in [4.69, 9.17) is 4.52 Å². The highest BCUT2D eigenvalue weighted by Gasteiger charge is 2.44. The number of aryl methyl sites for hydroxylation is 3. The number of anilines is 2. The van der Waals surface area contributed by atoms with Crippen LogP contribution >= 0.6 is 0 Å². The molecule has 6 heteroatoms. The largest absolute Gasteiger partial charge is 0.361 e. The third-order valence-corrected chi connectivity index (χ3v) is 8.77. The summed E-state index contributed by atoms with van der Waals surface area (Å²) in [5.74, 6) is 1.48. The van der Waals surface area contributed by atoms with Gasteiger partial charge in [-0.25, -0.2) is 0 Å². The van der Waals surface area contributed by atoms with Gasteiger partial charge in [0.05, 0.1) is 17.2 Å². The fourth-order valence-electron chi connectivity index (χ4n) is 6.30. The number of nitrogens with zero attached hydrogens (tertiary/aromatic N) is 4. The van der Waals surface area contributed by atoms with E-state index in [9.17, 15) is 5.26 Å². The number of hydrogen-bond acceptors (Lipinski definition) is 6. The molecular formula is C31H37N5O. The summed E-state index contributed by atoms with van der Waals surface area (Å²) in [7, 11) is 0. The maximum absolute atomic E-state index is 9.68. The molecule has 0 atom stereocenters. The van der Waals surface area contributed by atoms with E-state index in [-0.39, 0.29) is 5.41 Å². The Labute approximate surface area is 220 Å². The zero-order valence-electron chi connectivity index (χ0n) is 22.3. The number of likely N-dealkylation sites (tertiary alicyclic amines) is 1. The molecule has 3 fully saturated rings. The fourth-order valence-corrected chi connectivity index (χ4v) is 6.30. The van der Waals surface area contributed by atoms with Crippen molar-refractivity contribution >= 4 is 11.4 Å². The summed E-state index contributed by atoms with van der Waals surface area (Å²) in [5.41, 5.74) is 7.72. The summed E-state index contributed by atoms with van der Waals surface area (Å²) in [5, 5.41) is 17.4. The van der Waals surface area contributed by atoms with E-state index in [0.717, 1.165) is 66.7 Å². The van der Waals surface area contributed by atoms with Gasteiger partial charge in [0, 0.05) is 48.5 Å². The molecule has 0 radical (unpaired) electrons. The lowest BCUT2D eigenvalue weighted by Crippen LogP contribution is -2.57. The predicted octanol–water partition coefficient (Wildman–Crippen LogP) is 5.64. The van der Waals surface area contributed by atoms with Gasteiger partial charge in [-0.1, -0.05) is 29.4 Å². The smallest absolute Gasteiger partial charge is 0.141 e. The Hall–Kier alpha value is -3.14. The minimum absolute atomic E-state index is 0.258. The topological polar surface area (TPSA) is 68.3 Å². The van der Waals surface area contributed by atoms with Crippen LogP contribution in [0.3, 0.4) is 0 Å². The molecule has 3 aliphatic rings. The van der Waals surface area contributed by atoms with Gasteiger partial charge in [-0.05, 0) is 94.4 Å². The minimum Gasteiger partial charge on any atom is -0.361 e. The molecule has 1 N–H and O–H groups in total. The van der Waals surface area contributed by atoms with Crippen LogP contribution in [0.1, 0.15) is 48.3 Å². The molecule has 0 spiro atoms. The fraction of sp³-hybridized carbons (Fsp3) is 0.484. The van der Waals surface area contributed by atoms with Crippen LogP contribution in [0.4, 0.5) is 11.4 Å². The van der Waals surface area contributed by atoms with Crippen LogP contribution in [0.5, 0.6) is 0 Å². The van der Waals surface area contributed by atoms with E-state index in [1.807, 2.05) is 13.8 Å². The van der Waals surface area contributed by atoms with Crippen molar-refractivity contribution in [3.63, 3.8) is 0 Å². The molecule has 37 heavy (non-hydrogen) atoms. The molecule has 1 saturated carbocycles. The number of piperidine rings is 1. The standard InChI is InChI=1S/C31H37N5O/c1-21-4-5-25(30-22(2)34-37-23(30)3)16-29(21)36(19-24-17-35(18-24)27-10-14-33-15-11-27)28-8-6-26(7-9-28)31(20-32)12-13-31/h4-9,16,24,27,33H,10-15,17-19H2,1-3H3. The summed E-state index contributed by atoms with van der Waals surface area (Å²) in [6, 6.07) is 18.8. The van der Waals surface area contributed by atoms with Crippen molar-refractivity contribution in [2.75, 3.05) is 37.6 Å². The monoisotopic (exact) mass is 495 g/mol. The van der Waals surface area contributed by atoms with E-state index in [2.05, 4.69) is 75.7 Å². The molecule has 0 amide bonds. The van der Waals surface area contributed by atoms with E-state index in [1.54, 1.807) is 0 Å². The van der Waals surface area contributed by atoms with Crippen molar-refractivity contribution in [3.8, 4) is 17.2 Å². The highest BCUT2D eigenvalue weighted by molar-refractivity contribution is 5.76. The molecule has 192 valence electrons. The third-order valence-electron chi connectivity index (χ3n) is 8.77. The minimum atomic E-state index is -0.258. The molecule has 3 heterocycles. The normalized spacial score (nSPS) is 19.8. The number of hydrogen-bond donors (Lipinski definition) is 1. The summed E-state index contributed by atoms with van der Waals surface area (Å²) in [4.78, 5) is 5.18. The Morgan fingerprint density at radius 1 is 1.08 bits per heavy atom. The molecule has 1 aromatic heterocycles. The molecule has 2 aromatic carbocycles. The molecular weight excluding hydrogens is 458 g/mol. The van der Waals surface area contributed by atoms with E-state index in [0.29, 0.717) is 5.92 Å². The summed E-state index contributed by atoms with van der Waals surface area (Å²) in [6.45, 7) is 11.8. The van der Waals surface area contributed by atoms with Gasteiger partial charge in [0.1, 0.15) is 5.76 Å². The predicted molar refractivity (Wildman–Crippen MR) is 147 cm³/mol. The van der Waals surface area contributed by atoms with Crippen molar-refractivity contribution < 1.29 is 4.52 Å². The van der Waals surface area contributed by atoms with Crippen LogP contribution in [0.15, 0.2) is 47.0 Å². The Balaban J connectivity index is 1.30. The first-order chi connectivity index (χ1) is 18.0. The van der Waals surface area contributed by atoms with Crippen molar-refractivity contribution in [2.24, 2.45) is 5.92 Å². The van der Waals surface area contributed by atoms with Gasteiger partial charge < -0.3 is 14.7 Å². The second kappa shape index (κ2) is 9.63. The maximum atomic E-state index is 9.68.